The van der Waals surface area contributed by atoms with Crippen LogP contribution in [0, 0.1) is 0 Å². The van der Waals surface area contributed by atoms with Crippen LogP contribution in [-0.4, -0.2) is 22.8 Å². The minimum absolute atomic E-state index is 0.666. The molecular formula is C13H17NOS3. The van der Waals surface area contributed by atoms with Gasteiger partial charge in [0.2, 0.25) is 0 Å². The number of nitrogens with one attached hydrogen (secondary N) is 1. The van der Waals surface area contributed by atoms with Crippen LogP contribution in [0.25, 0.3) is 10.4 Å². The van der Waals surface area contributed by atoms with Crippen LogP contribution >= 0.6 is 22.7 Å². The van der Waals surface area contributed by atoms with Gasteiger partial charge in [0.1, 0.15) is 0 Å². The molecule has 0 aromatic carbocycles. The summed E-state index contributed by atoms with van der Waals surface area (Å²) < 4.78 is 10.9. The predicted octanol–water partition coefficient (Wildman–Crippen LogP) is 3.33. The van der Waals surface area contributed by atoms with E-state index >= 15 is 0 Å². The van der Waals surface area contributed by atoms with Crippen molar-refractivity contribution in [3.05, 3.63) is 33.8 Å². The smallest absolute Gasteiger partial charge is 0.0351 e. The Morgan fingerprint density at radius 2 is 2.28 bits per heavy atom. The van der Waals surface area contributed by atoms with E-state index in [1.807, 2.05) is 0 Å². The second kappa shape index (κ2) is 7.19. The summed E-state index contributed by atoms with van der Waals surface area (Å²) in [5.74, 6) is 0.790. The molecule has 18 heavy (non-hydrogen) atoms. The number of rotatable bonds is 7. The fourth-order valence-corrected chi connectivity index (χ4v) is 3.85. The summed E-state index contributed by atoms with van der Waals surface area (Å²) in [6.07, 6.45) is 2.73. The van der Waals surface area contributed by atoms with Crippen molar-refractivity contribution in [2.75, 3.05) is 18.6 Å². The van der Waals surface area contributed by atoms with Gasteiger partial charge in [0.25, 0.3) is 0 Å². The van der Waals surface area contributed by atoms with E-state index in [2.05, 4.69) is 34.3 Å². The first-order valence-electron chi connectivity index (χ1n) is 5.88. The van der Waals surface area contributed by atoms with Crippen molar-refractivity contribution in [2.45, 2.75) is 13.0 Å². The average molecular weight is 299 g/mol. The highest BCUT2D eigenvalue weighted by Gasteiger charge is 2.03. The molecule has 1 unspecified atom stereocenters. The summed E-state index contributed by atoms with van der Waals surface area (Å²) in [5.41, 5.74) is 1.32. The van der Waals surface area contributed by atoms with E-state index in [1.165, 1.54) is 15.3 Å². The van der Waals surface area contributed by atoms with E-state index in [9.17, 15) is 4.21 Å². The Kier molecular flexibility index (Phi) is 5.56. The molecule has 1 atom stereocenters. The highest BCUT2D eigenvalue weighted by Crippen LogP contribution is 2.29. The van der Waals surface area contributed by atoms with Gasteiger partial charge in [-0.15, -0.1) is 22.7 Å². The Morgan fingerprint density at radius 1 is 1.39 bits per heavy atom. The molecule has 2 rings (SSSR count). The standard InChI is InChI=1S/C13H17NOS3/c1-18(15)7-3-5-14-9-12-8-11(10-17-12)13-4-2-6-16-13/h2,4,6,8,10,14H,3,5,7,9H2,1H3. The normalized spacial score (nSPS) is 12.7. The Balaban J connectivity index is 1.76. The van der Waals surface area contributed by atoms with Crippen molar-refractivity contribution in [2.24, 2.45) is 0 Å². The zero-order valence-corrected chi connectivity index (χ0v) is 12.8. The highest BCUT2D eigenvalue weighted by atomic mass is 32.2. The Hall–Kier alpha value is -0.490. The van der Waals surface area contributed by atoms with Gasteiger partial charge in [-0.1, -0.05) is 6.07 Å². The Morgan fingerprint density at radius 3 is 3.00 bits per heavy atom. The van der Waals surface area contributed by atoms with E-state index in [4.69, 9.17) is 0 Å². The molecule has 0 aliphatic heterocycles. The van der Waals surface area contributed by atoms with Crippen LogP contribution in [0.4, 0.5) is 0 Å². The monoisotopic (exact) mass is 299 g/mol. The highest BCUT2D eigenvalue weighted by molar-refractivity contribution is 7.84. The van der Waals surface area contributed by atoms with E-state index in [-0.39, 0.29) is 0 Å². The van der Waals surface area contributed by atoms with Crippen molar-refractivity contribution in [3.63, 3.8) is 0 Å². The van der Waals surface area contributed by atoms with Crippen molar-refractivity contribution in [1.82, 2.24) is 5.32 Å². The topological polar surface area (TPSA) is 29.1 Å². The summed E-state index contributed by atoms with van der Waals surface area (Å²) in [6.45, 7) is 1.85. The van der Waals surface area contributed by atoms with Gasteiger partial charge < -0.3 is 5.32 Å². The third-order valence-corrected chi connectivity index (χ3v) is 5.26. The minimum Gasteiger partial charge on any atom is -0.312 e. The SMILES string of the molecule is CS(=O)CCCNCc1cc(-c2cccs2)cs1. The molecule has 5 heteroatoms. The van der Waals surface area contributed by atoms with Crippen LogP contribution in [0.5, 0.6) is 0 Å². The lowest BCUT2D eigenvalue weighted by atomic mass is 10.2. The summed E-state index contributed by atoms with van der Waals surface area (Å²) in [7, 11) is -0.666. The minimum atomic E-state index is -0.666. The molecular weight excluding hydrogens is 282 g/mol. The molecule has 0 fully saturated rings. The maximum absolute atomic E-state index is 10.9. The molecule has 98 valence electrons. The Labute approximate surface area is 119 Å². The lowest BCUT2D eigenvalue weighted by Crippen LogP contribution is -2.15. The Bertz CT molecular complexity index is 490. The van der Waals surface area contributed by atoms with Crippen LogP contribution in [-0.2, 0) is 17.3 Å². The second-order valence-corrected chi connectivity index (χ2v) is 7.58. The van der Waals surface area contributed by atoms with Crippen LogP contribution in [0.3, 0.4) is 0 Å². The van der Waals surface area contributed by atoms with E-state index in [1.54, 1.807) is 28.9 Å². The van der Waals surface area contributed by atoms with Gasteiger partial charge in [0, 0.05) is 44.7 Å². The first kappa shape index (κ1) is 13.9. The van der Waals surface area contributed by atoms with Crippen molar-refractivity contribution in [3.8, 4) is 10.4 Å². The molecule has 2 nitrogen and oxygen atoms in total. The molecule has 2 aromatic heterocycles. The average Bonchev–Trinajstić information content (AvgIpc) is 2.98. The molecule has 0 radical (unpaired) electrons. The first-order chi connectivity index (χ1) is 8.75. The molecule has 0 bridgehead atoms. The van der Waals surface area contributed by atoms with Gasteiger partial charge in [0.05, 0.1) is 0 Å². The summed E-state index contributed by atoms with van der Waals surface area (Å²) >= 11 is 3.57. The van der Waals surface area contributed by atoms with Crippen LogP contribution in [0.15, 0.2) is 29.0 Å². The second-order valence-electron chi connectivity index (χ2n) is 4.09. The summed E-state index contributed by atoms with van der Waals surface area (Å²) in [4.78, 5) is 2.69. The molecule has 0 saturated carbocycles. The van der Waals surface area contributed by atoms with Crippen molar-refractivity contribution in [1.29, 1.82) is 0 Å². The molecule has 0 amide bonds. The van der Waals surface area contributed by atoms with Crippen molar-refractivity contribution >= 4 is 33.5 Å². The fraction of sp³-hybridized carbons (Fsp3) is 0.385. The molecule has 1 N–H and O–H groups in total. The third kappa shape index (κ3) is 4.31. The number of hydrogen-bond donors (Lipinski definition) is 1. The van der Waals surface area contributed by atoms with Gasteiger partial charge in [-0.25, -0.2) is 0 Å². The lowest BCUT2D eigenvalue weighted by Gasteiger charge is -2.01. The molecule has 2 aromatic rings. The maximum atomic E-state index is 10.9. The van der Waals surface area contributed by atoms with Gasteiger partial charge in [0.15, 0.2) is 0 Å². The quantitative estimate of drug-likeness (QED) is 0.795. The van der Waals surface area contributed by atoms with Gasteiger partial charge in [-0.2, -0.15) is 0 Å². The van der Waals surface area contributed by atoms with Gasteiger partial charge >= 0.3 is 0 Å². The predicted molar refractivity (Wildman–Crippen MR) is 82.9 cm³/mol. The molecule has 0 aliphatic rings. The van der Waals surface area contributed by atoms with Gasteiger partial charge in [-0.3, -0.25) is 4.21 Å². The van der Waals surface area contributed by atoms with Crippen molar-refractivity contribution < 1.29 is 4.21 Å². The first-order valence-corrected chi connectivity index (χ1v) is 9.36. The molecule has 2 heterocycles. The fourth-order valence-electron chi connectivity index (χ4n) is 1.66. The lowest BCUT2D eigenvalue weighted by molar-refractivity contribution is 0.665. The molecule has 0 saturated heterocycles. The van der Waals surface area contributed by atoms with E-state index < -0.39 is 10.8 Å². The van der Waals surface area contributed by atoms with Gasteiger partial charge in [-0.05, 0) is 35.9 Å². The third-order valence-electron chi connectivity index (χ3n) is 2.54. The summed E-state index contributed by atoms with van der Waals surface area (Å²) in [5, 5.41) is 7.71. The zero-order valence-electron chi connectivity index (χ0n) is 10.3. The molecule has 0 spiro atoms. The molecule has 0 aliphatic carbocycles. The van der Waals surface area contributed by atoms with Crippen LogP contribution in [0.2, 0.25) is 0 Å². The number of hydrogen-bond acceptors (Lipinski definition) is 4. The summed E-state index contributed by atoms with van der Waals surface area (Å²) in [6, 6.07) is 6.49. The van der Waals surface area contributed by atoms with Crippen LogP contribution < -0.4 is 5.32 Å². The van der Waals surface area contributed by atoms with Crippen LogP contribution in [0.1, 0.15) is 11.3 Å². The van der Waals surface area contributed by atoms with E-state index in [0.29, 0.717) is 0 Å². The zero-order chi connectivity index (χ0) is 12.8. The van der Waals surface area contributed by atoms with E-state index in [0.717, 1.165) is 25.3 Å². The maximum Gasteiger partial charge on any atom is 0.0351 e. The largest absolute Gasteiger partial charge is 0.312 e. The number of thiophene rings is 2.